The van der Waals surface area contributed by atoms with E-state index in [1.165, 1.54) is 4.90 Å². The monoisotopic (exact) mass is 297 g/mol. The summed E-state index contributed by atoms with van der Waals surface area (Å²) in [5.41, 5.74) is 0.195. The van der Waals surface area contributed by atoms with Gasteiger partial charge in [0.1, 0.15) is 0 Å². The van der Waals surface area contributed by atoms with E-state index < -0.39 is 23.8 Å². The highest BCUT2D eigenvalue weighted by atomic mass is 35.5. The normalized spacial score (nSPS) is 23.4. The third-order valence-electron chi connectivity index (χ3n) is 4.03. The van der Waals surface area contributed by atoms with Crippen LogP contribution in [0.3, 0.4) is 0 Å². The van der Waals surface area contributed by atoms with Gasteiger partial charge in [0.2, 0.25) is 0 Å². The van der Waals surface area contributed by atoms with E-state index in [4.69, 9.17) is 11.6 Å². The molecule has 20 heavy (non-hydrogen) atoms. The van der Waals surface area contributed by atoms with E-state index in [0.29, 0.717) is 17.0 Å². The highest BCUT2D eigenvalue weighted by molar-refractivity contribution is 6.30. The Morgan fingerprint density at radius 3 is 2.80 bits per heavy atom. The van der Waals surface area contributed by atoms with Gasteiger partial charge in [-0.25, -0.2) is 4.79 Å². The summed E-state index contributed by atoms with van der Waals surface area (Å²) in [5, 5.41) is 20.6. The Balaban J connectivity index is 2.31. The first-order valence-corrected chi connectivity index (χ1v) is 7.16. The number of amides is 1. The van der Waals surface area contributed by atoms with Gasteiger partial charge in [-0.05, 0) is 50.8 Å². The number of aliphatic hydroxyl groups excluding tert-OH is 1. The van der Waals surface area contributed by atoms with Gasteiger partial charge in [0, 0.05) is 10.6 Å². The molecule has 0 saturated carbocycles. The molecule has 5 heteroatoms. The Morgan fingerprint density at radius 1 is 1.50 bits per heavy atom. The molecule has 110 valence electrons. The minimum atomic E-state index is -0.985. The number of halogens is 1. The number of aliphatic hydroxyl groups is 1. The van der Waals surface area contributed by atoms with Crippen molar-refractivity contribution in [3.63, 3.8) is 0 Å². The van der Waals surface area contributed by atoms with Crippen LogP contribution >= 0.6 is 11.6 Å². The quantitative estimate of drug-likeness (QED) is 0.875. The predicted molar refractivity (Wildman–Crippen MR) is 78.0 cm³/mol. The van der Waals surface area contributed by atoms with Crippen LogP contribution in [0.5, 0.6) is 0 Å². The Kier molecular flexibility index (Phi) is 4.25. The second kappa shape index (κ2) is 5.62. The van der Waals surface area contributed by atoms with Crippen molar-refractivity contribution in [1.29, 1.82) is 0 Å². The fraction of sp³-hybridized carbons (Fsp3) is 0.533. The smallest absolute Gasteiger partial charge is 0.408 e. The first-order valence-electron chi connectivity index (χ1n) is 6.79. The lowest BCUT2D eigenvalue weighted by Crippen LogP contribution is -2.57. The minimum absolute atomic E-state index is 0.435. The average molecular weight is 298 g/mol. The molecular formula is C15H20ClNO3. The van der Waals surface area contributed by atoms with E-state index >= 15 is 0 Å². The molecule has 4 nitrogen and oxygen atoms in total. The Bertz CT molecular complexity index is 504. The maximum absolute atomic E-state index is 11.6. The maximum atomic E-state index is 11.6. The van der Waals surface area contributed by atoms with Gasteiger partial charge in [0.25, 0.3) is 0 Å². The van der Waals surface area contributed by atoms with Gasteiger partial charge in [-0.3, -0.25) is 4.90 Å². The first kappa shape index (κ1) is 15.1. The lowest BCUT2D eigenvalue weighted by Gasteiger charge is -2.47. The summed E-state index contributed by atoms with van der Waals surface area (Å²) in [6, 6.07) is 6.53. The van der Waals surface area contributed by atoms with Crippen molar-refractivity contribution >= 4 is 17.7 Å². The minimum Gasteiger partial charge on any atom is -0.465 e. The molecule has 0 spiro atoms. The summed E-state index contributed by atoms with van der Waals surface area (Å²) in [7, 11) is 0. The maximum Gasteiger partial charge on any atom is 0.408 e. The largest absolute Gasteiger partial charge is 0.465 e. The van der Waals surface area contributed by atoms with Crippen LogP contribution in [0.1, 0.15) is 44.8 Å². The topological polar surface area (TPSA) is 60.8 Å². The van der Waals surface area contributed by atoms with Crippen molar-refractivity contribution in [2.24, 2.45) is 0 Å². The van der Waals surface area contributed by atoms with Gasteiger partial charge in [0.05, 0.1) is 12.1 Å². The second-order valence-electron chi connectivity index (χ2n) is 5.92. The molecule has 1 aliphatic rings. The highest BCUT2D eigenvalue weighted by Crippen LogP contribution is 2.37. The van der Waals surface area contributed by atoms with Crippen molar-refractivity contribution in [1.82, 2.24) is 4.90 Å². The van der Waals surface area contributed by atoms with Crippen molar-refractivity contribution in [3.8, 4) is 0 Å². The number of hydrogen-bond donors (Lipinski definition) is 2. The van der Waals surface area contributed by atoms with Crippen LogP contribution < -0.4 is 0 Å². The van der Waals surface area contributed by atoms with Crippen LogP contribution in [0.25, 0.3) is 0 Å². The second-order valence-corrected chi connectivity index (χ2v) is 6.36. The third-order valence-corrected chi connectivity index (χ3v) is 4.27. The number of piperidine rings is 1. The van der Waals surface area contributed by atoms with Crippen LogP contribution in [0, 0.1) is 0 Å². The van der Waals surface area contributed by atoms with Crippen LogP contribution in [0.4, 0.5) is 4.79 Å². The SMILES string of the molecule is CC1(C)CCC[C@H]([C@@H](O)c2cccc(Cl)c2)N1C(=O)O. The van der Waals surface area contributed by atoms with E-state index in [2.05, 4.69) is 0 Å². The molecule has 0 unspecified atom stereocenters. The Labute approximate surface area is 124 Å². The lowest BCUT2D eigenvalue weighted by atomic mass is 9.83. The molecular weight excluding hydrogens is 278 g/mol. The Morgan fingerprint density at radius 2 is 2.20 bits per heavy atom. The summed E-state index contributed by atoms with van der Waals surface area (Å²) < 4.78 is 0. The number of carboxylic acid groups (broad SMARTS) is 1. The molecule has 1 aromatic carbocycles. The molecule has 1 aromatic rings. The number of benzene rings is 1. The predicted octanol–water partition coefficient (Wildman–Crippen LogP) is 3.68. The lowest BCUT2D eigenvalue weighted by molar-refractivity contribution is -0.0271. The number of rotatable bonds is 2. The van der Waals surface area contributed by atoms with Gasteiger partial charge in [0.15, 0.2) is 0 Å². The van der Waals surface area contributed by atoms with Crippen molar-refractivity contribution in [2.45, 2.75) is 50.8 Å². The van der Waals surface area contributed by atoms with Gasteiger partial charge in [-0.15, -0.1) is 0 Å². The molecule has 1 aliphatic heterocycles. The van der Waals surface area contributed by atoms with E-state index in [9.17, 15) is 15.0 Å². The van der Waals surface area contributed by atoms with Crippen molar-refractivity contribution < 1.29 is 15.0 Å². The number of hydrogen-bond acceptors (Lipinski definition) is 2. The average Bonchev–Trinajstić information content (AvgIpc) is 2.35. The molecule has 0 radical (unpaired) electrons. The van der Waals surface area contributed by atoms with Gasteiger partial charge in [-0.1, -0.05) is 23.7 Å². The van der Waals surface area contributed by atoms with Gasteiger partial charge in [-0.2, -0.15) is 0 Å². The number of carbonyl (C=O) groups is 1. The highest BCUT2D eigenvalue weighted by Gasteiger charge is 2.42. The zero-order valence-electron chi connectivity index (χ0n) is 11.7. The molecule has 0 bridgehead atoms. The van der Waals surface area contributed by atoms with Crippen molar-refractivity contribution in [2.75, 3.05) is 0 Å². The molecule has 1 fully saturated rings. The van der Waals surface area contributed by atoms with Crippen LogP contribution in [-0.4, -0.2) is 32.8 Å². The zero-order chi connectivity index (χ0) is 14.9. The molecule has 2 atom stereocenters. The summed E-state index contributed by atoms with van der Waals surface area (Å²) >= 11 is 5.94. The first-order chi connectivity index (χ1) is 9.33. The molecule has 0 aromatic heterocycles. The van der Waals surface area contributed by atoms with E-state index in [1.807, 2.05) is 13.8 Å². The number of likely N-dealkylation sites (tertiary alicyclic amines) is 1. The standard InChI is InChI=1S/C15H20ClNO3/c1-15(2)8-4-7-12(17(15)14(19)20)13(18)10-5-3-6-11(16)9-10/h3,5-6,9,12-13,18H,4,7-8H2,1-2H3,(H,19,20)/t12-,13+/m1/s1. The van der Waals surface area contributed by atoms with Crippen LogP contribution in [-0.2, 0) is 0 Å². The molecule has 1 heterocycles. The van der Waals surface area contributed by atoms with E-state index in [-0.39, 0.29) is 0 Å². The molecule has 1 saturated heterocycles. The van der Waals surface area contributed by atoms with Crippen molar-refractivity contribution in [3.05, 3.63) is 34.9 Å². The fourth-order valence-corrected chi connectivity index (χ4v) is 3.25. The summed E-state index contributed by atoms with van der Waals surface area (Å²) in [6.45, 7) is 3.80. The van der Waals surface area contributed by atoms with Gasteiger partial charge >= 0.3 is 6.09 Å². The molecule has 0 aliphatic carbocycles. The summed E-state index contributed by atoms with van der Waals surface area (Å²) in [6.07, 6.45) is 0.519. The van der Waals surface area contributed by atoms with Gasteiger partial charge < -0.3 is 10.2 Å². The third kappa shape index (κ3) is 2.91. The molecule has 1 amide bonds. The number of nitrogens with zero attached hydrogens (tertiary/aromatic N) is 1. The van der Waals surface area contributed by atoms with Crippen LogP contribution in [0.2, 0.25) is 5.02 Å². The fourth-order valence-electron chi connectivity index (χ4n) is 3.05. The molecule has 2 rings (SSSR count). The molecule has 2 N–H and O–H groups in total. The summed E-state index contributed by atoms with van der Waals surface area (Å²) in [5.74, 6) is 0. The van der Waals surface area contributed by atoms with E-state index in [1.54, 1.807) is 24.3 Å². The van der Waals surface area contributed by atoms with E-state index in [0.717, 1.165) is 12.8 Å². The Hall–Kier alpha value is -1.26. The zero-order valence-corrected chi connectivity index (χ0v) is 12.5. The van der Waals surface area contributed by atoms with Crippen LogP contribution in [0.15, 0.2) is 24.3 Å². The summed E-state index contributed by atoms with van der Waals surface area (Å²) in [4.78, 5) is 13.0.